The van der Waals surface area contributed by atoms with Crippen LogP contribution in [-0.2, 0) is 4.79 Å². The van der Waals surface area contributed by atoms with Crippen molar-refractivity contribution in [2.75, 3.05) is 18.2 Å². The van der Waals surface area contributed by atoms with E-state index < -0.39 is 0 Å². The van der Waals surface area contributed by atoms with Crippen LogP contribution in [0, 0.1) is 5.92 Å². The van der Waals surface area contributed by atoms with Crippen molar-refractivity contribution in [1.82, 2.24) is 0 Å². The summed E-state index contributed by atoms with van der Waals surface area (Å²) in [5, 5.41) is 6.03. The largest absolute Gasteiger partial charge is 0.486 e. The van der Waals surface area contributed by atoms with Crippen molar-refractivity contribution in [2.45, 2.75) is 12.8 Å². The topological polar surface area (TPSA) is 68.2 Å². The van der Waals surface area contributed by atoms with Crippen LogP contribution >= 0.6 is 0 Å². The number of amides is 1. The molecule has 6 nitrogen and oxygen atoms in total. The lowest BCUT2D eigenvalue weighted by Gasteiger charge is -2.18. The van der Waals surface area contributed by atoms with Crippen molar-refractivity contribution in [3.63, 3.8) is 0 Å². The maximum Gasteiger partial charge on any atom is 0.280 e. The van der Waals surface area contributed by atoms with Gasteiger partial charge in [-0.05, 0) is 60.9 Å². The zero-order valence-corrected chi connectivity index (χ0v) is 15.1. The highest BCUT2D eigenvalue weighted by molar-refractivity contribution is 6.33. The number of hydrazone groups is 1. The van der Waals surface area contributed by atoms with Crippen LogP contribution in [-0.4, -0.2) is 31.1 Å². The van der Waals surface area contributed by atoms with Crippen LogP contribution in [0.2, 0.25) is 0 Å². The Balaban J connectivity index is 1.50. The number of anilines is 1. The summed E-state index contributed by atoms with van der Waals surface area (Å²) >= 11 is 0. The smallest absolute Gasteiger partial charge is 0.280 e. The number of carbonyl (C=O) groups is 2. The average molecular weight is 374 g/mol. The molecule has 3 aliphatic rings. The van der Waals surface area contributed by atoms with Crippen LogP contribution in [0.25, 0.3) is 6.08 Å². The van der Waals surface area contributed by atoms with Gasteiger partial charge in [0, 0.05) is 11.5 Å². The third-order valence-corrected chi connectivity index (χ3v) is 5.02. The Morgan fingerprint density at radius 3 is 2.39 bits per heavy atom. The highest BCUT2D eigenvalue weighted by Crippen LogP contribution is 2.39. The normalized spacial score (nSPS) is 19.7. The Morgan fingerprint density at radius 2 is 1.68 bits per heavy atom. The zero-order valence-electron chi connectivity index (χ0n) is 15.1. The molecule has 0 aromatic heterocycles. The van der Waals surface area contributed by atoms with Gasteiger partial charge in [-0.1, -0.05) is 6.07 Å². The van der Waals surface area contributed by atoms with Crippen molar-refractivity contribution in [2.24, 2.45) is 11.0 Å². The van der Waals surface area contributed by atoms with Crippen LogP contribution in [0.3, 0.4) is 0 Å². The summed E-state index contributed by atoms with van der Waals surface area (Å²) in [6.07, 6.45) is 4.74. The lowest BCUT2D eigenvalue weighted by atomic mass is 10.0. The third kappa shape index (κ3) is 2.97. The monoisotopic (exact) mass is 374 g/mol. The second-order valence-electron chi connectivity index (χ2n) is 7.05. The summed E-state index contributed by atoms with van der Waals surface area (Å²) in [5.41, 5.74) is 3.53. The van der Waals surface area contributed by atoms with E-state index in [1.807, 2.05) is 24.3 Å². The van der Waals surface area contributed by atoms with E-state index in [0.717, 1.165) is 36.2 Å². The van der Waals surface area contributed by atoms with Crippen LogP contribution in [0.15, 0.2) is 53.1 Å². The van der Waals surface area contributed by atoms with Gasteiger partial charge < -0.3 is 9.47 Å². The molecular weight excluding hydrogens is 356 g/mol. The first kappa shape index (κ1) is 16.7. The standard InChI is InChI=1S/C22H18N2O4/c25-13-14-1-6-17(7-2-14)24-22(26)18(21(23-24)16-4-5-16)11-15-3-8-19-20(12-15)28-10-9-27-19/h1-3,6-8,11-13,16H,4-5,9-10H2/b18-11-. The Labute approximate surface area is 162 Å². The number of hydrogen-bond acceptors (Lipinski definition) is 5. The number of aldehydes is 1. The molecule has 2 aliphatic heterocycles. The number of fused-ring (bicyclic) bond motifs is 1. The summed E-state index contributed by atoms with van der Waals surface area (Å²) in [7, 11) is 0. The molecule has 0 unspecified atom stereocenters. The van der Waals surface area contributed by atoms with E-state index in [0.29, 0.717) is 41.7 Å². The number of carbonyl (C=O) groups excluding carboxylic acids is 2. The van der Waals surface area contributed by atoms with E-state index in [4.69, 9.17) is 9.47 Å². The van der Waals surface area contributed by atoms with Crippen LogP contribution in [0.4, 0.5) is 5.69 Å². The molecule has 2 heterocycles. The molecule has 0 spiro atoms. The zero-order chi connectivity index (χ0) is 19.1. The van der Waals surface area contributed by atoms with E-state index in [2.05, 4.69) is 5.10 Å². The second-order valence-corrected chi connectivity index (χ2v) is 7.05. The molecule has 1 aliphatic carbocycles. The number of rotatable bonds is 4. The summed E-state index contributed by atoms with van der Waals surface area (Å²) < 4.78 is 11.2. The fourth-order valence-corrected chi connectivity index (χ4v) is 3.41. The third-order valence-electron chi connectivity index (χ3n) is 5.02. The highest BCUT2D eigenvalue weighted by atomic mass is 16.6. The average Bonchev–Trinajstić information content (AvgIpc) is 3.53. The molecule has 2 aromatic carbocycles. The highest BCUT2D eigenvalue weighted by Gasteiger charge is 2.39. The Bertz CT molecular complexity index is 1020. The van der Waals surface area contributed by atoms with Gasteiger partial charge in [0.25, 0.3) is 5.91 Å². The number of benzene rings is 2. The molecule has 1 saturated carbocycles. The minimum Gasteiger partial charge on any atom is -0.486 e. The Kier molecular flexibility index (Phi) is 3.97. The molecule has 0 bridgehead atoms. The molecule has 140 valence electrons. The first-order valence-electron chi connectivity index (χ1n) is 9.33. The SMILES string of the molecule is O=Cc1ccc(N2N=C(C3CC3)/C(=C/c3ccc4c(c3)OCCO4)C2=O)cc1. The van der Waals surface area contributed by atoms with E-state index in [9.17, 15) is 9.59 Å². The van der Waals surface area contributed by atoms with Crippen LogP contribution in [0.5, 0.6) is 11.5 Å². The maximum atomic E-state index is 13.1. The quantitative estimate of drug-likeness (QED) is 0.607. The molecule has 5 rings (SSSR count). The Hall–Kier alpha value is -3.41. The van der Waals surface area contributed by atoms with Crippen LogP contribution < -0.4 is 14.5 Å². The van der Waals surface area contributed by atoms with E-state index in [1.165, 1.54) is 5.01 Å². The van der Waals surface area contributed by atoms with Gasteiger partial charge >= 0.3 is 0 Å². The van der Waals surface area contributed by atoms with Gasteiger partial charge in [-0.15, -0.1) is 0 Å². The van der Waals surface area contributed by atoms with E-state index >= 15 is 0 Å². The molecular formula is C22H18N2O4. The minimum absolute atomic E-state index is 0.157. The Morgan fingerprint density at radius 1 is 0.964 bits per heavy atom. The van der Waals surface area contributed by atoms with E-state index in [1.54, 1.807) is 24.3 Å². The predicted octanol–water partition coefficient (Wildman–Crippen LogP) is 3.47. The van der Waals surface area contributed by atoms with Gasteiger partial charge in [-0.25, -0.2) is 0 Å². The van der Waals surface area contributed by atoms with Crippen molar-refractivity contribution in [1.29, 1.82) is 0 Å². The van der Waals surface area contributed by atoms with Gasteiger partial charge in [0.2, 0.25) is 0 Å². The molecule has 1 amide bonds. The summed E-state index contributed by atoms with van der Waals surface area (Å²) in [5.74, 6) is 1.58. The van der Waals surface area contributed by atoms with Gasteiger partial charge in [0.1, 0.15) is 19.5 Å². The fraction of sp³-hybridized carbons (Fsp3) is 0.227. The van der Waals surface area contributed by atoms with Crippen LogP contribution in [0.1, 0.15) is 28.8 Å². The molecule has 0 radical (unpaired) electrons. The second kappa shape index (κ2) is 6.64. The number of nitrogens with zero attached hydrogens (tertiary/aromatic N) is 2. The molecule has 6 heteroatoms. The van der Waals surface area contributed by atoms with Crippen molar-refractivity contribution < 1.29 is 19.1 Å². The lowest BCUT2D eigenvalue weighted by molar-refractivity contribution is -0.114. The van der Waals surface area contributed by atoms with Gasteiger partial charge in [-0.2, -0.15) is 10.1 Å². The summed E-state index contributed by atoms with van der Waals surface area (Å²) in [4.78, 5) is 24.0. The lowest BCUT2D eigenvalue weighted by Crippen LogP contribution is -2.21. The minimum atomic E-state index is -0.157. The first-order valence-corrected chi connectivity index (χ1v) is 9.33. The van der Waals surface area contributed by atoms with Crippen molar-refractivity contribution >= 4 is 29.7 Å². The molecule has 2 aromatic rings. The molecule has 0 saturated heterocycles. The first-order chi connectivity index (χ1) is 13.7. The molecule has 0 atom stereocenters. The fourth-order valence-electron chi connectivity index (χ4n) is 3.41. The molecule has 1 fully saturated rings. The number of hydrogen-bond donors (Lipinski definition) is 0. The van der Waals surface area contributed by atoms with Crippen molar-refractivity contribution in [3.8, 4) is 11.5 Å². The maximum absolute atomic E-state index is 13.1. The summed E-state index contributed by atoms with van der Waals surface area (Å²) in [6.45, 7) is 1.06. The van der Waals surface area contributed by atoms with Crippen molar-refractivity contribution in [3.05, 3.63) is 59.2 Å². The van der Waals surface area contributed by atoms with Gasteiger partial charge in [0.05, 0.1) is 17.0 Å². The molecule has 0 N–H and O–H groups in total. The van der Waals surface area contributed by atoms with Gasteiger partial charge in [-0.3, -0.25) is 9.59 Å². The molecule has 28 heavy (non-hydrogen) atoms. The van der Waals surface area contributed by atoms with Gasteiger partial charge in [0.15, 0.2) is 11.5 Å². The number of ether oxygens (including phenoxy) is 2. The van der Waals surface area contributed by atoms with E-state index in [-0.39, 0.29) is 5.91 Å². The predicted molar refractivity (Wildman–Crippen MR) is 105 cm³/mol. The summed E-state index contributed by atoms with van der Waals surface area (Å²) in [6, 6.07) is 12.5.